The lowest BCUT2D eigenvalue weighted by Gasteiger charge is -2.25. The molecule has 0 aliphatic rings. The number of ether oxygens (including phenoxy) is 1. The zero-order valence-corrected chi connectivity index (χ0v) is 12.4. The highest BCUT2D eigenvalue weighted by Gasteiger charge is 2.32. The third kappa shape index (κ3) is 4.42. The number of likely N-dealkylation sites (N-methyl/N-ethyl adjacent to an activating group) is 1. The summed E-state index contributed by atoms with van der Waals surface area (Å²) < 4.78 is 5.40. The molecule has 0 fully saturated rings. The molecule has 0 aliphatic heterocycles. The Hall–Kier alpha value is -2.15. The molecule has 0 heterocycles. The summed E-state index contributed by atoms with van der Waals surface area (Å²) in [6.45, 7) is 5.70. The number of nitrogens with zero attached hydrogens (tertiary/aromatic N) is 1. The van der Waals surface area contributed by atoms with Gasteiger partial charge in [0, 0.05) is 12.5 Å². The molecule has 0 bridgehead atoms. The van der Waals surface area contributed by atoms with E-state index in [1.807, 2.05) is 6.92 Å². The Labute approximate surface area is 123 Å². The number of carboxylic acids is 1. The van der Waals surface area contributed by atoms with Crippen LogP contribution in [0, 0.1) is 17.0 Å². The fourth-order valence-electron chi connectivity index (χ4n) is 1.92. The van der Waals surface area contributed by atoms with Crippen LogP contribution in [0.3, 0.4) is 0 Å². The first-order valence-electron chi connectivity index (χ1n) is 6.66. The number of aliphatic carboxylic acids is 1. The molecule has 0 aromatic heterocycles. The molecule has 7 heteroatoms. The summed E-state index contributed by atoms with van der Waals surface area (Å²) in [6, 6.07) is 4.66. The monoisotopic (exact) mass is 296 g/mol. The molecular weight excluding hydrogens is 276 g/mol. The number of carbonyl (C=O) groups is 1. The average Bonchev–Trinajstić information content (AvgIpc) is 2.40. The fourth-order valence-corrected chi connectivity index (χ4v) is 1.92. The number of nitrogens with one attached hydrogen (secondary N) is 1. The zero-order valence-electron chi connectivity index (χ0n) is 12.4. The summed E-state index contributed by atoms with van der Waals surface area (Å²) in [7, 11) is 0. The van der Waals surface area contributed by atoms with Gasteiger partial charge in [0.25, 0.3) is 0 Å². The smallest absolute Gasteiger partial charge is 0.323 e. The molecule has 116 valence electrons. The van der Waals surface area contributed by atoms with Crippen LogP contribution in [0.1, 0.15) is 25.8 Å². The molecule has 21 heavy (non-hydrogen) atoms. The van der Waals surface area contributed by atoms with E-state index in [-0.39, 0.29) is 24.5 Å². The van der Waals surface area contributed by atoms with E-state index in [0.29, 0.717) is 6.54 Å². The van der Waals surface area contributed by atoms with Gasteiger partial charge in [0.2, 0.25) is 0 Å². The zero-order chi connectivity index (χ0) is 16.0. The van der Waals surface area contributed by atoms with Gasteiger partial charge in [-0.05, 0) is 32.0 Å². The van der Waals surface area contributed by atoms with Gasteiger partial charge < -0.3 is 15.2 Å². The maximum absolute atomic E-state index is 11.2. The highest BCUT2D eigenvalue weighted by molar-refractivity contribution is 5.78. The first-order valence-corrected chi connectivity index (χ1v) is 6.66. The minimum Gasteiger partial charge on any atom is -0.487 e. The summed E-state index contributed by atoms with van der Waals surface area (Å²) in [5.41, 5.74) is -0.471. The molecular formula is C14H20N2O5. The second-order valence-corrected chi connectivity index (χ2v) is 4.99. The van der Waals surface area contributed by atoms with Crippen molar-refractivity contribution in [1.82, 2.24) is 5.32 Å². The largest absolute Gasteiger partial charge is 0.487 e. The van der Waals surface area contributed by atoms with Crippen LogP contribution >= 0.6 is 0 Å². The number of nitro groups is 1. The van der Waals surface area contributed by atoms with Crippen molar-refractivity contribution >= 4 is 11.7 Å². The Balaban J connectivity index is 2.76. The molecule has 0 amide bonds. The summed E-state index contributed by atoms with van der Waals surface area (Å²) >= 11 is 0. The fraction of sp³-hybridized carbons (Fsp3) is 0.500. The van der Waals surface area contributed by atoms with Crippen molar-refractivity contribution in [3.05, 3.63) is 33.9 Å². The Kier molecular flexibility index (Phi) is 5.66. The first kappa shape index (κ1) is 16.9. The van der Waals surface area contributed by atoms with E-state index in [1.54, 1.807) is 19.9 Å². The van der Waals surface area contributed by atoms with Crippen molar-refractivity contribution in [1.29, 1.82) is 0 Å². The highest BCUT2D eigenvalue weighted by atomic mass is 16.6. The molecule has 7 nitrogen and oxygen atoms in total. The van der Waals surface area contributed by atoms with Gasteiger partial charge in [0.05, 0.1) is 11.5 Å². The van der Waals surface area contributed by atoms with E-state index in [0.717, 1.165) is 5.56 Å². The molecule has 0 saturated carbocycles. The minimum atomic E-state index is -1.12. The van der Waals surface area contributed by atoms with E-state index in [9.17, 15) is 20.0 Å². The summed E-state index contributed by atoms with van der Waals surface area (Å²) in [5.74, 6) is -0.832. The van der Waals surface area contributed by atoms with E-state index < -0.39 is 16.4 Å². The molecule has 0 saturated heterocycles. The Morgan fingerprint density at radius 2 is 2.19 bits per heavy atom. The standard InChI is InChI=1S/C14H20N2O5/c1-4-15-14(3,13(17)18)7-8-21-12-6-5-10(2)9-11(12)16(19)20/h5-6,9,15H,4,7-8H2,1-3H3,(H,17,18). The first-order chi connectivity index (χ1) is 9.80. The summed E-state index contributed by atoms with van der Waals surface area (Å²) in [4.78, 5) is 21.7. The highest BCUT2D eigenvalue weighted by Crippen LogP contribution is 2.28. The second-order valence-electron chi connectivity index (χ2n) is 4.99. The predicted octanol–water partition coefficient (Wildman–Crippen LogP) is 2.12. The van der Waals surface area contributed by atoms with Gasteiger partial charge >= 0.3 is 11.7 Å². The number of aryl methyl sites for hydroxylation is 1. The van der Waals surface area contributed by atoms with Crippen LogP contribution in [0.4, 0.5) is 5.69 Å². The lowest BCUT2D eigenvalue weighted by atomic mass is 9.98. The number of hydrogen-bond donors (Lipinski definition) is 2. The van der Waals surface area contributed by atoms with Crippen molar-refractivity contribution < 1.29 is 19.6 Å². The maximum Gasteiger partial charge on any atom is 0.323 e. The number of nitro benzene ring substituents is 1. The molecule has 1 aromatic rings. The van der Waals surface area contributed by atoms with Crippen molar-refractivity contribution in [3.63, 3.8) is 0 Å². The van der Waals surface area contributed by atoms with Gasteiger partial charge in [-0.25, -0.2) is 0 Å². The molecule has 0 aliphatic carbocycles. The van der Waals surface area contributed by atoms with Gasteiger partial charge in [0.1, 0.15) is 5.54 Å². The van der Waals surface area contributed by atoms with Gasteiger partial charge in [-0.3, -0.25) is 14.9 Å². The molecule has 1 atom stereocenters. The van der Waals surface area contributed by atoms with Gasteiger partial charge in [0.15, 0.2) is 5.75 Å². The maximum atomic E-state index is 11.2. The number of benzene rings is 1. The Morgan fingerprint density at radius 1 is 1.52 bits per heavy atom. The van der Waals surface area contributed by atoms with Crippen molar-refractivity contribution in [2.45, 2.75) is 32.7 Å². The molecule has 1 aromatic carbocycles. The van der Waals surface area contributed by atoms with Crippen molar-refractivity contribution in [3.8, 4) is 5.75 Å². The van der Waals surface area contributed by atoms with Crippen LogP contribution in [0.15, 0.2) is 18.2 Å². The van der Waals surface area contributed by atoms with Crippen LogP contribution in [0.5, 0.6) is 5.75 Å². The second kappa shape index (κ2) is 7.03. The van der Waals surface area contributed by atoms with Gasteiger partial charge in [-0.15, -0.1) is 0 Å². The number of rotatable bonds is 8. The van der Waals surface area contributed by atoms with E-state index in [1.165, 1.54) is 12.1 Å². The average molecular weight is 296 g/mol. The topological polar surface area (TPSA) is 102 Å². The van der Waals surface area contributed by atoms with Gasteiger partial charge in [-0.1, -0.05) is 13.0 Å². The van der Waals surface area contributed by atoms with Crippen LogP contribution < -0.4 is 10.1 Å². The van der Waals surface area contributed by atoms with Crippen molar-refractivity contribution in [2.24, 2.45) is 0 Å². The van der Waals surface area contributed by atoms with E-state index in [4.69, 9.17) is 4.74 Å². The third-order valence-electron chi connectivity index (χ3n) is 3.21. The Bertz CT molecular complexity index is 532. The normalized spacial score (nSPS) is 13.5. The lowest BCUT2D eigenvalue weighted by molar-refractivity contribution is -0.385. The summed E-state index contributed by atoms with van der Waals surface area (Å²) in [5, 5.41) is 23.1. The van der Waals surface area contributed by atoms with Crippen LogP contribution in [-0.4, -0.2) is 34.7 Å². The van der Waals surface area contributed by atoms with Crippen LogP contribution in [-0.2, 0) is 4.79 Å². The van der Waals surface area contributed by atoms with E-state index >= 15 is 0 Å². The third-order valence-corrected chi connectivity index (χ3v) is 3.21. The van der Waals surface area contributed by atoms with E-state index in [2.05, 4.69) is 5.32 Å². The lowest BCUT2D eigenvalue weighted by Crippen LogP contribution is -2.50. The van der Waals surface area contributed by atoms with Gasteiger partial charge in [-0.2, -0.15) is 0 Å². The molecule has 1 unspecified atom stereocenters. The quantitative estimate of drug-likeness (QED) is 0.563. The predicted molar refractivity (Wildman–Crippen MR) is 77.7 cm³/mol. The molecule has 2 N–H and O–H groups in total. The number of carboxylic acid groups (broad SMARTS) is 1. The number of hydrogen-bond acceptors (Lipinski definition) is 5. The minimum absolute atomic E-state index is 0.0691. The van der Waals surface area contributed by atoms with Crippen LogP contribution in [0.25, 0.3) is 0 Å². The van der Waals surface area contributed by atoms with Crippen LogP contribution in [0.2, 0.25) is 0 Å². The molecule has 0 radical (unpaired) electrons. The SMILES string of the molecule is CCNC(C)(CCOc1ccc(C)cc1[N+](=O)[O-])C(=O)O. The summed E-state index contributed by atoms with van der Waals surface area (Å²) in [6.07, 6.45) is 0.196. The van der Waals surface area contributed by atoms with Crippen molar-refractivity contribution in [2.75, 3.05) is 13.2 Å². The molecule has 0 spiro atoms. The Morgan fingerprint density at radius 3 is 2.71 bits per heavy atom. The molecule has 1 rings (SSSR count).